The van der Waals surface area contributed by atoms with Crippen LogP contribution in [0.3, 0.4) is 0 Å². The topological polar surface area (TPSA) is 47.2 Å². The number of fused-ring (bicyclic) bond motifs is 3. The van der Waals surface area contributed by atoms with E-state index in [1.165, 1.54) is 18.3 Å². The lowest BCUT2D eigenvalue weighted by Crippen LogP contribution is -2.09. The van der Waals surface area contributed by atoms with Gasteiger partial charge in [-0.2, -0.15) is 0 Å². The Kier molecular flexibility index (Phi) is 3.12. The highest BCUT2D eigenvalue weighted by atomic mass is 19.1. The maximum Gasteiger partial charge on any atom is 0.168 e. The summed E-state index contributed by atoms with van der Waals surface area (Å²) in [4.78, 5) is 20.2. The SMILES string of the molecule is O=Cc1cnc2n1-c1ccc(F)cc1C(c1ccccc1)=NC2. The van der Waals surface area contributed by atoms with Crippen LogP contribution in [-0.4, -0.2) is 21.5 Å². The number of aromatic nitrogens is 2. The Hall–Kier alpha value is -3.08. The van der Waals surface area contributed by atoms with Gasteiger partial charge in [0.1, 0.15) is 17.3 Å². The lowest BCUT2D eigenvalue weighted by atomic mass is 10.0. The molecule has 3 aromatic rings. The molecule has 0 amide bonds. The van der Waals surface area contributed by atoms with Crippen LogP contribution >= 0.6 is 0 Å². The minimum atomic E-state index is -0.344. The first kappa shape index (κ1) is 13.6. The predicted octanol–water partition coefficient (Wildman–Crippen LogP) is 3.17. The summed E-state index contributed by atoms with van der Waals surface area (Å²) in [5.41, 5.74) is 3.38. The molecule has 4 rings (SSSR count). The van der Waals surface area contributed by atoms with E-state index in [2.05, 4.69) is 9.98 Å². The van der Waals surface area contributed by atoms with Gasteiger partial charge in [-0.1, -0.05) is 30.3 Å². The van der Waals surface area contributed by atoms with Gasteiger partial charge in [0.05, 0.1) is 24.1 Å². The van der Waals surface area contributed by atoms with Crippen molar-refractivity contribution in [2.24, 2.45) is 4.99 Å². The van der Waals surface area contributed by atoms with E-state index < -0.39 is 0 Å². The van der Waals surface area contributed by atoms with E-state index >= 15 is 0 Å². The van der Waals surface area contributed by atoms with Crippen molar-refractivity contribution in [2.75, 3.05) is 0 Å². The summed E-state index contributed by atoms with van der Waals surface area (Å²) in [6.45, 7) is 0.328. The monoisotopic (exact) mass is 305 g/mol. The zero-order valence-corrected chi connectivity index (χ0v) is 12.1. The zero-order chi connectivity index (χ0) is 15.8. The molecule has 2 heterocycles. The van der Waals surface area contributed by atoms with Crippen LogP contribution in [0.1, 0.15) is 27.4 Å². The molecule has 23 heavy (non-hydrogen) atoms. The van der Waals surface area contributed by atoms with E-state index in [-0.39, 0.29) is 5.82 Å². The molecule has 4 nitrogen and oxygen atoms in total. The third-order valence-corrected chi connectivity index (χ3v) is 3.86. The van der Waals surface area contributed by atoms with Crippen molar-refractivity contribution in [3.8, 4) is 5.69 Å². The number of aliphatic imine (C=N–C) groups is 1. The number of hydrogen-bond donors (Lipinski definition) is 0. The third kappa shape index (κ3) is 2.17. The van der Waals surface area contributed by atoms with Crippen LogP contribution < -0.4 is 0 Å². The van der Waals surface area contributed by atoms with E-state index in [1.807, 2.05) is 30.3 Å². The van der Waals surface area contributed by atoms with Gasteiger partial charge in [-0.05, 0) is 18.2 Å². The van der Waals surface area contributed by atoms with Gasteiger partial charge in [0.2, 0.25) is 0 Å². The molecule has 0 radical (unpaired) electrons. The molecule has 1 aliphatic rings. The molecule has 0 aliphatic carbocycles. The molecule has 0 N–H and O–H groups in total. The minimum absolute atomic E-state index is 0.328. The smallest absolute Gasteiger partial charge is 0.168 e. The van der Waals surface area contributed by atoms with Crippen molar-refractivity contribution in [3.05, 3.63) is 83.2 Å². The van der Waals surface area contributed by atoms with Gasteiger partial charge in [-0.3, -0.25) is 14.4 Å². The van der Waals surface area contributed by atoms with Gasteiger partial charge < -0.3 is 0 Å². The summed E-state index contributed by atoms with van der Waals surface area (Å²) in [5.74, 6) is 0.314. The van der Waals surface area contributed by atoms with Crippen molar-refractivity contribution in [2.45, 2.75) is 6.54 Å². The molecular formula is C18H12FN3O. The first-order valence-electron chi connectivity index (χ1n) is 7.20. The fraction of sp³-hybridized carbons (Fsp3) is 0.0556. The van der Waals surface area contributed by atoms with Gasteiger partial charge in [0.25, 0.3) is 0 Å². The second-order valence-electron chi connectivity index (χ2n) is 5.24. The summed E-state index contributed by atoms with van der Waals surface area (Å²) in [5, 5.41) is 0. The Morgan fingerprint density at radius 1 is 1.13 bits per heavy atom. The van der Waals surface area contributed by atoms with Crippen molar-refractivity contribution in [1.82, 2.24) is 9.55 Å². The molecular weight excluding hydrogens is 293 g/mol. The maximum absolute atomic E-state index is 13.9. The first-order chi connectivity index (χ1) is 11.3. The normalized spacial score (nSPS) is 12.8. The second kappa shape index (κ2) is 5.28. The molecule has 0 bridgehead atoms. The Balaban J connectivity index is 2.02. The number of imidazole rings is 1. The Bertz CT molecular complexity index is 929. The van der Waals surface area contributed by atoms with E-state index in [1.54, 1.807) is 10.6 Å². The van der Waals surface area contributed by atoms with Crippen molar-refractivity contribution < 1.29 is 9.18 Å². The Morgan fingerprint density at radius 2 is 1.96 bits per heavy atom. The van der Waals surface area contributed by atoms with Crippen molar-refractivity contribution >= 4 is 12.0 Å². The molecule has 0 atom stereocenters. The molecule has 2 aromatic carbocycles. The van der Waals surface area contributed by atoms with Crippen LogP contribution in [0, 0.1) is 5.82 Å². The lowest BCUT2D eigenvalue weighted by molar-refractivity contribution is 0.111. The van der Waals surface area contributed by atoms with Crippen LogP contribution in [0.5, 0.6) is 0 Å². The highest BCUT2D eigenvalue weighted by Crippen LogP contribution is 2.26. The average molecular weight is 305 g/mol. The number of carbonyl (C=O) groups excluding carboxylic acids is 1. The number of benzene rings is 2. The van der Waals surface area contributed by atoms with E-state index in [4.69, 9.17) is 0 Å². The number of aldehydes is 1. The lowest BCUT2D eigenvalue weighted by Gasteiger charge is -2.12. The van der Waals surface area contributed by atoms with Gasteiger partial charge in [0, 0.05) is 11.1 Å². The fourth-order valence-corrected chi connectivity index (χ4v) is 2.85. The van der Waals surface area contributed by atoms with Gasteiger partial charge in [0.15, 0.2) is 6.29 Å². The van der Waals surface area contributed by atoms with Crippen molar-refractivity contribution in [1.29, 1.82) is 0 Å². The molecule has 0 fully saturated rings. The molecule has 0 spiro atoms. The van der Waals surface area contributed by atoms with Gasteiger partial charge in [-0.15, -0.1) is 0 Å². The molecule has 0 saturated carbocycles. The van der Waals surface area contributed by atoms with Crippen LogP contribution in [0.2, 0.25) is 0 Å². The highest BCUT2D eigenvalue weighted by molar-refractivity contribution is 6.15. The molecule has 1 aromatic heterocycles. The Labute approximate surface area is 131 Å². The number of carbonyl (C=O) groups is 1. The van der Waals surface area contributed by atoms with E-state index in [0.29, 0.717) is 35.0 Å². The summed E-state index contributed by atoms with van der Waals surface area (Å²) in [6, 6.07) is 14.1. The first-order valence-corrected chi connectivity index (χ1v) is 7.20. The molecule has 0 saturated heterocycles. The van der Waals surface area contributed by atoms with Crippen LogP contribution in [0.4, 0.5) is 4.39 Å². The summed E-state index contributed by atoms with van der Waals surface area (Å²) in [6.07, 6.45) is 2.26. The number of rotatable bonds is 2. The van der Waals surface area contributed by atoms with Crippen LogP contribution in [0.15, 0.2) is 59.7 Å². The van der Waals surface area contributed by atoms with E-state index in [0.717, 1.165) is 11.8 Å². The van der Waals surface area contributed by atoms with Gasteiger partial charge >= 0.3 is 0 Å². The van der Waals surface area contributed by atoms with Crippen LogP contribution in [0.25, 0.3) is 5.69 Å². The summed E-state index contributed by atoms with van der Waals surface area (Å²) >= 11 is 0. The Morgan fingerprint density at radius 3 is 2.74 bits per heavy atom. The number of nitrogens with zero attached hydrogens (tertiary/aromatic N) is 3. The highest BCUT2D eigenvalue weighted by Gasteiger charge is 2.22. The third-order valence-electron chi connectivity index (χ3n) is 3.86. The second-order valence-corrected chi connectivity index (χ2v) is 5.24. The number of halogens is 1. The molecule has 1 aliphatic heterocycles. The minimum Gasteiger partial charge on any atom is -0.296 e. The van der Waals surface area contributed by atoms with Crippen molar-refractivity contribution in [3.63, 3.8) is 0 Å². The molecule has 0 unspecified atom stereocenters. The van der Waals surface area contributed by atoms with Gasteiger partial charge in [-0.25, -0.2) is 9.37 Å². The summed E-state index contributed by atoms with van der Waals surface area (Å²) in [7, 11) is 0. The summed E-state index contributed by atoms with van der Waals surface area (Å²) < 4.78 is 15.6. The van der Waals surface area contributed by atoms with Crippen LogP contribution in [-0.2, 0) is 6.54 Å². The standard InChI is InChI=1S/C18H12FN3O/c19-13-6-7-16-15(8-13)18(12-4-2-1-3-5-12)21-10-17-20-9-14(11-23)22(16)17/h1-9,11H,10H2. The fourth-order valence-electron chi connectivity index (χ4n) is 2.85. The maximum atomic E-state index is 13.9. The largest absolute Gasteiger partial charge is 0.296 e. The molecule has 112 valence electrons. The quantitative estimate of drug-likeness (QED) is 0.683. The van der Waals surface area contributed by atoms with E-state index in [9.17, 15) is 9.18 Å². The predicted molar refractivity (Wildman–Crippen MR) is 84.7 cm³/mol. The number of hydrogen-bond acceptors (Lipinski definition) is 3. The average Bonchev–Trinajstić information content (AvgIpc) is 2.92. The zero-order valence-electron chi connectivity index (χ0n) is 12.1. The molecule has 5 heteroatoms.